The number of anilines is 1. The third-order valence-corrected chi connectivity index (χ3v) is 2.79. The second-order valence-corrected chi connectivity index (χ2v) is 4.77. The number of nitrogen functional groups attached to an aromatic ring is 1. The van der Waals surface area contributed by atoms with Crippen LogP contribution in [0.1, 0.15) is 19.4 Å². The summed E-state index contributed by atoms with van der Waals surface area (Å²) < 4.78 is 16.3. The van der Waals surface area contributed by atoms with Crippen LogP contribution in [0.5, 0.6) is 0 Å². The van der Waals surface area contributed by atoms with Crippen LogP contribution in [-0.4, -0.2) is 39.1 Å². The number of hydrogen-bond donors (Lipinski definition) is 1. The normalized spacial score (nSPS) is 14.3. The summed E-state index contributed by atoms with van der Waals surface area (Å²) >= 11 is 0. The monoisotopic (exact) mass is 267 g/mol. The Morgan fingerprint density at radius 1 is 1.00 bits per heavy atom. The fraction of sp³-hybridized carbons (Fsp3) is 0.600. The number of hydrogen-bond acceptors (Lipinski definition) is 4. The Kier molecular flexibility index (Phi) is 7.48. The summed E-state index contributed by atoms with van der Waals surface area (Å²) in [7, 11) is 1.67. The van der Waals surface area contributed by atoms with Crippen molar-refractivity contribution in [3.8, 4) is 0 Å². The Morgan fingerprint density at radius 2 is 1.63 bits per heavy atom. The Labute approximate surface area is 115 Å². The minimum atomic E-state index is 0.0908. The van der Waals surface area contributed by atoms with E-state index in [1.165, 1.54) is 5.56 Å². The molecule has 0 fully saturated rings. The van der Waals surface area contributed by atoms with Crippen LogP contribution in [-0.2, 0) is 20.6 Å². The minimum Gasteiger partial charge on any atom is -0.399 e. The quantitative estimate of drug-likeness (QED) is 0.697. The maximum atomic E-state index is 5.71. The van der Waals surface area contributed by atoms with E-state index in [-0.39, 0.29) is 12.2 Å². The zero-order valence-electron chi connectivity index (χ0n) is 12.1. The third kappa shape index (κ3) is 7.15. The number of rotatable bonds is 9. The van der Waals surface area contributed by atoms with Gasteiger partial charge in [-0.1, -0.05) is 12.1 Å². The molecule has 0 aromatic heterocycles. The smallest absolute Gasteiger partial charge is 0.0781 e. The van der Waals surface area contributed by atoms with E-state index in [4.69, 9.17) is 19.9 Å². The molecule has 0 amide bonds. The molecule has 2 N–H and O–H groups in total. The van der Waals surface area contributed by atoms with E-state index in [0.717, 1.165) is 12.1 Å². The molecule has 4 heteroatoms. The van der Waals surface area contributed by atoms with Crippen LogP contribution < -0.4 is 5.73 Å². The van der Waals surface area contributed by atoms with E-state index in [0.29, 0.717) is 19.8 Å². The maximum absolute atomic E-state index is 5.71. The summed E-state index contributed by atoms with van der Waals surface area (Å²) in [6.45, 7) is 5.89. The zero-order valence-corrected chi connectivity index (χ0v) is 12.1. The first-order chi connectivity index (χ1) is 9.11. The molecule has 1 aromatic carbocycles. The van der Waals surface area contributed by atoms with Gasteiger partial charge in [0.15, 0.2) is 0 Å². The highest BCUT2D eigenvalue weighted by atomic mass is 16.6. The average Bonchev–Trinajstić information content (AvgIpc) is 2.39. The maximum Gasteiger partial charge on any atom is 0.0781 e. The molecule has 1 rings (SSSR count). The predicted octanol–water partition coefficient (Wildman–Crippen LogP) is 2.27. The number of ether oxygens (including phenoxy) is 3. The summed E-state index contributed by atoms with van der Waals surface area (Å²) in [5, 5.41) is 0. The van der Waals surface area contributed by atoms with Crippen molar-refractivity contribution in [2.45, 2.75) is 32.5 Å². The summed E-state index contributed by atoms with van der Waals surface area (Å²) in [6.07, 6.45) is 1.08. The summed E-state index contributed by atoms with van der Waals surface area (Å²) in [4.78, 5) is 0. The molecule has 2 atom stereocenters. The Hall–Kier alpha value is -1.10. The molecule has 0 bridgehead atoms. The molecular weight excluding hydrogens is 242 g/mol. The van der Waals surface area contributed by atoms with Crippen molar-refractivity contribution in [3.05, 3.63) is 29.8 Å². The second kappa shape index (κ2) is 8.91. The minimum absolute atomic E-state index is 0.0908. The van der Waals surface area contributed by atoms with Crippen LogP contribution in [0.3, 0.4) is 0 Å². The van der Waals surface area contributed by atoms with Gasteiger partial charge in [-0.2, -0.15) is 0 Å². The zero-order chi connectivity index (χ0) is 14.1. The molecule has 4 nitrogen and oxygen atoms in total. The molecular formula is C15H25NO3. The molecule has 19 heavy (non-hydrogen) atoms. The predicted molar refractivity (Wildman–Crippen MR) is 77.3 cm³/mol. The van der Waals surface area contributed by atoms with Crippen LogP contribution in [0, 0.1) is 0 Å². The van der Waals surface area contributed by atoms with Crippen LogP contribution >= 0.6 is 0 Å². The van der Waals surface area contributed by atoms with Gasteiger partial charge in [-0.05, 0) is 38.0 Å². The van der Waals surface area contributed by atoms with E-state index in [9.17, 15) is 0 Å². The van der Waals surface area contributed by atoms with Gasteiger partial charge in [0, 0.05) is 12.8 Å². The molecule has 1 aromatic rings. The van der Waals surface area contributed by atoms with E-state index in [2.05, 4.69) is 0 Å². The first kappa shape index (κ1) is 16.0. The largest absolute Gasteiger partial charge is 0.399 e. The van der Waals surface area contributed by atoms with Gasteiger partial charge in [0.05, 0.1) is 32.0 Å². The van der Waals surface area contributed by atoms with Crippen LogP contribution in [0.4, 0.5) is 5.69 Å². The highest BCUT2D eigenvalue weighted by Crippen LogP contribution is 2.07. The number of nitrogens with two attached hydrogens (primary N) is 1. The van der Waals surface area contributed by atoms with Gasteiger partial charge < -0.3 is 19.9 Å². The lowest BCUT2D eigenvalue weighted by Crippen LogP contribution is -2.23. The molecule has 0 spiro atoms. The molecule has 0 saturated carbocycles. The highest BCUT2D eigenvalue weighted by Gasteiger charge is 2.06. The van der Waals surface area contributed by atoms with E-state index >= 15 is 0 Å². The summed E-state index contributed by atoms with van der Waals surface area (Å²) in [5.41, 5.74) is 7.66. The van der Waals surface area contributed by atoms with Crippen LogP contribution in [0.15, 0.2) is 24.3 Å². The van der Waals surface area contributed by atoms with Gasteiger partial charge in [0.1, 0.15) is 0 Å². The Morgan fingerprint density at radius 3 is 2.26 bits per heavy atom. The van der Waals surface area contributed by atoms with Crippen molar-refractivity contribution < 1.29 is 14.2 Å². The van der Waals surface area contributed by atoms with Gasteiger partial charge in [-0.25, -0.2) is 0 Å². The van der Waals surface area contributed by atoms with Crippen molar-refractivity contribution in [1.29, 1.82) is 0 Å². The molecule has 0 heterocycles. The molecule has 0 aliphatic carbocycles. The fourth-order valence-electron chi connectivity index (χ4n) is 1.69. The molecule has 2 unspecified atom stereocenters. The fourth-order valence-corrected chi connectivity index (χ4v) is 1.69. The van der Waals surface area contributed by atoms with Crippen molar-refractivity contribution in [3.63, 3.8) is 0 Å². The third-order valence-electron chi connectivity index (χ3n) is 2.79. The Bertz CT molecular complexity index is 340. The van der Waals surface area contributed by atoms with E-state index in [1.54, 1.807) is 7.11 Å². The van der Waals surface area contributed by atoms with Gasteiger partial charge in [-0.15, -0.1) is 0 Å². The van der Waals surface area contributed by atoms with Gasteiger partial charge in [-0.3, -0.25) is 0 Å². The van der Waals surface area contributed by atoms with E-state index in [1.807, 2.05) is 38.1 Å². The SMILES string of the molecule is COCC(C)OCC(C)OCCc1ccc(N)cc1. The summed E-state index contributed by atoms with van der Waals surface area (Å²) in [6, 6.07) is 7.88. The standard InChI is InChI=1S/C15H25NO3/c1-12(10-17-3)19-11-13(2)18-9-8-14-4-6-15(16)7-5-14/h4-7,12-13H,8-11,16H2,1-3H3. The second-order valence-electron chi connectivity index (χ2n) is 4.77. The lowest BCUT2D eigenvalue weighted by Gasteiger charge is -2.17. The highest BCUT2D eigenvalue weighted by molar-refractivity contribution is 5.39. The Balaban J connectivity index is 2.13. The molecule has 0 aliphatic rings. The molecule has 0 saturated heterocycles. The van der Waals surface area contributed by atoms with Crippen LogP contribution in [0.2, 0.25) is 0 Å². The van der Waals surface area contributed by atoms with Crippen molar-refractivity contribution in [2.24, 2.45) is 0 Å². The lowest BCUT2D eigenvalue weighted by molar-refractivity contribution is -0.0503. The van der Waals surface area contributed by atoms with Crippen molar-refractivity contribution in [2.75, 3.05) is 32.7 Å². The average molecular weight is 267 g/mol. The van der Waals surface area contributed by atoms with Crippen molar-refractivity contribution in [1.82, 2.24) is 0 Å². The molecule has 0 aliphatic heterocycles. The van der Waals surface area contributed by atoms with Crippen molar-refractivity contribution >= 4 is 5.69 Å². The topological polar surface area (TPSA) is 53.7 Å². The molecule has 0 radical (unpaired) electrons. The molecule has 108 valence electrons. The number of methoxy groups -OCH3 is 1. The number of benzene rings is 1. The van der Waals surface area contributed by atoms with Gasteiger partial charge >= 0.3 is 0 Å². The summed E-state index contributed by atoms with van der Waals surface area (Å²) in [5.74, 6) is 0. The lowest BCUT2D eigenvalue weighted by atomic mass is 10.1. The van der Waals surface area contributed by atoms with Gasteiger partial charge in [0.2, 0.25) is 0 Å². The van der Waals surface area contributed by atoms with Gasteiger partial charge in [0.25, 0.3) is 0 Å². The first-order valence-electron chi connectivity index (χ1n) is 6.68. The van der Waals surface area contributed by atoms with Crippen LogP contribution in [0.25, 0.3) is 0 Å². The van der Waals surface area contributed by atoms with E-state index < -0.39 is 0 Å². The first-order valence-corrected chi connectivity index (χ1v) is 6.68.